The minimum Gasteiger partial charge on any atom is -0.426 e. The van der Waals surface area contributed by atoms with E-state index in [4.69, 9.17) is 13.9 Å². The van der Waals surface area contributed by atoms with Crippen LogP contribution >= 0.6 is 0 Å². The molecule has 0 bridgehead atoms. The van der Waals surface area contributed by atoms with Crippen molar-refractivity contribution in [3.8, 4) is 11.5 Å². The largest absolute Gasteiger partial charge is 0.426 e. The summed E-state index contributed by atoms with van der Waals surface area (Å²) >= 11 is 0. The number of hydrogen-bond donors (Lipinski definition) is 0. The predicted molar refractivity (Wildman–Crippen MR) is 88.2 cm³/mol. The molecule has 0 aliphatic heterocycles. The first-order chi connectivity index (χ1) is 11.3. The summed E-state index contributed by atoms with van der Waals surface area (Å²) in [6, 6.07) is 4.22. The average molecular weight is 330 g/mol. The second-order valence-corrected chi connectivity index (χ2v) is 5.52. The van der Waals surface area contributed by atoms with Crippen molar-refractivity contribution in [1.82, 2.24) is 0 Å². The van der Waals surface area contributed by atoms with Crippen LogP contribution in [0, 0.1) is 0 Å². The molecule has 0 aliphatic carbocycles. The van der Waals surface area contributed by atoms with E-state index in [0.29, 0.717) is 17.4 Å². The lowest BCUT2D eigenvalue weighted by molar-refractivity contribution is -0.132. The molecule has 0 aliphatic rings. The topological polar surface area (TPSA) is 82.8 Å². The molecule has 24 heavy (non-hydrogen) atoms. The summed E-state index contributed by atoms with van der Waals surface area (Å²) in [6.45, 7) is 6.39. The fourth-order valence-electron chi connectivity index (χ4n) is 2.21. The molecular weight excluding hydrogens is 312 g/mol. The van der Waals surface area contributed by atoms with Crippen LogP contribution in [0.1, 0.15) is 33.3 Å². The summed E-state index contributed by atoms with van der Waals surface area (Å²) in [5.41, 5.74) is 1.21. The van der Waals surface area contributed by atoms with Gasteiger partial charge in [-0.1, -0.05) is 11.6 Å². The maximum absolute atomic E-state index is 11.5. The molecule has 0 atom stereocenters. The summed E-state index contributed by atoms with van der Waals surface area (Å²) in [7, 11) is 0. The van der Waals surface area contributed by atoms with E-state index in [0.717, 1.165) is 5.57 Å². The van der Waals surface area contributed by atoms with Crippen LogP contribution in [0.5, 0.6) is 11.5 Å². The first-order valence-electron chi connectivity index (χ1n) is 7.38. The van der Waals surface area contributed by atoms with Crippen LogP contribution in [0.15, 0.2) is 39.1 Å². The fraction of sp³-hybridized carbons (Fsp3) is 0.278. The molecule has 0 saturated carbocycles. The highest BCUT2D eigenvalue weighted by atomic mass is 16.5. The van der Waals surface area contributed by atoms with Crippen LogP contribution < -0.4 is 15.1 Å². The van der Waals surface area contributed by atoms with Crippen molar-refractivity contribution >= 4 is 22.9 Å². The van der Waals surface area contributed by atoms with E-state index in [9.17, 15) is 14.4 Å². The molecule has 1 aromatic carbocycles. The molecule has 0 saturated heterocycles. The molecule has 6 heteroatoms. The SMILES string of the molecule is CC(=O)Oc1cc2oc(=O)ccc2c(OC(C)=O)c1CC=C(C)C. The number of ether oxygens (including phenoxy) is 2. The monoisotopic (exact) mass is 330 g/mol. The highest BCUT2D eigenvalue weighted by molar-refractivity contribution is 5.90. The van der Waals surface area contributed by atoms with Crippen LogP contribution in [0.25, 0.3) is 11.0 Å². The molecule has 2 rings (SSSR count). The van der Waals surface area contributed by atoms with Gasteiger partial charge in [0.25, 0.3) is 0 Å². The minimum absolute atomic E-state index is 0.177. The van der Waals surface area contributed by atoms with Crippen LogP contribution in [0.3, 0.4) is 0 Å². The molecule has 0 fully saturated rings. The van der Waals surface area contributed by atoms with Crippen molar-refractivity contribution < 1.29 is 23.5 Å². The first kappa shape index (κ1) is 17.5. The van der Waals surface area contributed by atoms with Crippen molar-refractivity contribution in [3.05, 3.63) is 45.8 Å². The number of rotatable bonds is 4. The lowest BCUT2D eigenvalue weighted by Crippen LogP contribution is -2.09. The zero-order chi connectivity index (χ0) is 17.9. The molecule has 0 spiro atoms. The molecule has 0 radical (unpaired) electrons. The molecule has 2 aromatic rings. The maximum Gasteiger partial charge on any atom is 0.336 e. The third kappa shape index (κ3) is 4.10. The van der Waals surface area contributed by atoms with E-state index < -0.39 is 17.6 Å². The van der Waals surface area contributed by atoms with E-state index in [1.807, 2.05) is 19.9 Å². The molecule has 6 nitrogen and oxygen atoms in total. The zero-order valence-corrected chi connectivity index (χ0v) is 14.0. The van der Waals surface area contributed by atoms with Crippen molar-refractivity contribution in [3.63, 3.8) is 0 Å². The van der Waals surface area contributed by atoms with Gasteiger partial charge in [-0.3, -0.25) is 9.59 Å². The molecular formula is C18H18O6. The van der Waals surface area contributed by atoms with Gasteiger partial charge in [0.1, 0.15) is 17.1 Å². The van der Waals surface area contributed by atoms with E-state index in [1.54, 1.807) is 0 Å². The number of benzene rings is 1. The Morgan fingerprint density at radius 1 is 1.08 bits per heavy atom. The molecule has 1 aromatic heterocycles. The predicted octanol–water partition coefficient (Wildman–Crippen LogP) is 3.15. The molecule has 1 heterocycles. The lowest BCUT2D eigenvalue weighted by atomic mass is 10.0. The summed E-state index contributed by atoms with van der Waals surface area (Å²) in [5.74, 6) is -0.642. The molecule has 126 valence electrons. The molecule has 0 unspecified atom stereocenters. The van der Waals surface area contributed by atoms with Gasteiger partial charge >= 0.3 is 17.6 Å². The van der Waals surface area contributed by atoms with Crippen LogP contribution in [-0.4, -0.2) is 11.9 Å². The average Bonchev–Trinajstić information content (AvgIpc) is 2.44. The van der Waals surface area contributed by atoms with Gasteiger partial charge in [0, 0.05) is 31.5 Å². The fourth-order valence-corrected chi connectivity index (χ4v) is 2.21. The van der Waals surface area contributed by atoms with Crippen LogP contribution in [0.2, 0.25) is 0 Å². The Balaban J connectivity index is 2.80. The third-order valence-corrected chi connectivity index (χ3v) is 3.15. The number of allylic oxidation sites excluding steroid dienone is 2. The van der Waals surface area contributed by atoms with Gasteiger partial charge in [0.05, 0.1) is 5.39 Å². The summed E-state index contributed by atoms with van der Waals surface area (Å²) in [4.78, 5) is 34.4. The number of fused-ring (bicyclic) bond motifs is 1. The van der Waals surface area contributed by atoms with Gasteiger partial charge < -0.3 is 13.9 Å². The second-order valence-electron chi connectivity index (χ2n) is 5.52. The van der Waals surface area contributed by atoms with Crippen molar-refractivity contribution in [2.75, 3.05) is 0 Å². The quantitative estimate of drug-likeness (QED) is 0.371. The standard InChI is InChI=1S/C18H18O6/c1-10(2)5-6-13-15(22-11(3)19)9-16-14(7-8-17(21)24-16)18(13)23-12(4)20/h5,7-9H,6H2,1-4H3. The molecule has 0 amide bonds. The van der Waals surface area contributed by atoms with E-state index in [-0.39, 0.29) is 17.1 Å². The van der Waals surface area contributed by atoms with E-state index in [2.05, 4.69) is 0 Å². The minimum atomic E-state index is -0.554. The van der Waals surface area contributed by atoms with Crippen molar-refractivity contribution in [2.24, 2.45) is 0 Å². The van der Waals surface area contributed by atoms with Crippen LogP contribution in [0.4, 0.5) is 0 Å². The number of carbonyl (C=O) groups is 2. The Bertz CT molecular complexity index is 884. The third-order valence-electron chi connectivity index (χ3n) is 3.15. The van der Waals surface area contributed by atoms with Gasteiger partial charge in [-0.05, 0) is 26.3 Å². The van der Waals surface area contributed by atoms with Crippen molar-refractivity contribution in [2.45, 2.75) is 34.1 Å². The highest BCUT2D eigenvalue weighted by Crippen LogP contribution is 2.37. The number of carbonyl (C=O) groups excluding carboxylic acids is 2. The Labute approximate surface area is 138 Å². The van der Waals surface area contributed by atoms with Gasteiger partial charge in [-0.2, -0.15) is 0 Å². The second kappa shape index (κ2) is 7.12. The van der Waals surface area contributed by atoms with Gasteiger partial charge in [0.15, 0.2) is 0 Å². The Kier molecular flexibility index (Phi) is 5.18. The van der Waals surface area contributed by atoms with Crippen LogP contribution in [-0.2, 0) is 16.0 Å². The highest BCUT2D eigenvalue weighted by Gasteiger charge is 2.19. The maximum atomic E-state index is 11.5. The lowest BCUT2D eigenvalue weighted by Gasteiger charge is -2.15. The molecule has 0 N–H and O–H groups in total. The Hall–Kier alpha value is -2.89. The van der Waals surface area contributed by atoms with Crippen molar-refractivity contribution in [1.29, 1.82) is 0 Å². The number of hydrogen-bond acceptors (Lipinski definition) is 6. The van der Waals surface area contributed by atoms with Gasteiger partial charge in [-0.25, -0.2) is 4.79 Å². The smallest absolute Gasteiger partial charge is 0.336 e. The van der Waals surface area contributed by atoms with E-state index in [1.165, 1.54) is 32.0 Å². The first-order valence-corrected chi connectivity index (χ1v) is 7.38. The van der Waals surface area contributed by atoms with Gasteiger partial charge in [0.2, 0.25) is 0 Å². The Morgan fingerprint density at radius 2 is 1.75 bits per heavy atom. The van der Waals surface area contributed by atoms with Gasteiger partial charge in [-0.15, -0.1) is 0 Å². The van der Waals surface area contributed by atoms with E-state index >= 15 is 0 Å². The Morgan fingerprint density at radius 3 is 2.33 bits per heavy atom. The summed E-state index contributed by atoms with van der Waals surface area (Å²) < 4.78 is 15.7. The number of esters is 2. The normalized spacial score (nSPS) is 10.3. The summed E-state index contributed by atoms with van der Waals surface area (Å²) in [5, 5.41) is 0.456. The zero-order valence-electron chi connectivity index (χ0n) is 14.0. The summed E-state index contributed by atoms with van der Waals surface area (Å²) in [6.07, 6.45) is 2.31.